The van der Waals surface area contributed by atoms with Crippen molar-refractivity contribution in [1.82, 2.24) is 4.90 Å². The highest BCUT2D eigenvalue weighted by Gasteiger charge is 2.41. The van der Waals surface area contributed by atoms with Crippen LogP contribution in [0.4, 0.5) is 4.39 Å². The molecule has 2 nitrogen and oxygen atoms in total. The Morgan fingerprint density at radius 3 is 2.75 bits per heavy atom. The van der Waals surface area contributed by atoms with Gasteiger partial charge in [-0.2, -0.15) is 0 Å². The Hall–Kier alpha value is -0.930. The Balaban J connectivity index is 2.09. The Kier molecular flexibility index (Phi) is 3.26. The van der Waals surface area contributed by atoms with E-state index in [1.807, 2.05) is 42.2 Å². The molecule has 3 heteroatoms. The summed E-state index contributed by atoms with van der Waals surface area (Å²) in [6, 6.07) is 9.99. The zero-order valence-electron chi connectivity index (χ0n) is 9.56. The summed E-state index contributed by atoms with van der Waals surface area (Å²) in [5.41, 5.74) is 0.756. The van der Waals surface area contributed by atoms with Gasteiger partial charge >= 0.3 is 0 Å². The molecule has 1 aliphatic rings. The molecule has 0 aliphatic carbocycles. The minimum absolute atomic E-state index is 0.0141. The number of halogens is 1. The summed E-state index contributed by atoms with van der Waals surface area (Å²) >= 11 is 0. The minimum atomic E-state index is -0.819. The average Bonchev–Trinajstić information content (AvgIpc) is 2.56. The van der Waals surface area contributed by atoms with E-state index < -0.39 is 11.7 Å². The van der Waals surface area contributed by atoms with Gasteiger partial charge in [0, 0.05) is 25.0 Å². The highest BCUT2D eigenvalue weighted by molar-refractivity contribution is 5.15. The molecule has 2 atom stereocenters. The number of aliphatic hydroxyl groups is 1. The lowest BCUT2D eigenvalue weighted by atomic mass is 9.99. The summed E-state index contributed by atoms with van der Waals surface area (Å²) in [7, 11) is 0. The molecular formula is C13H18FNO. The standard InChI is InChI=1S/C13H18FNO/c1-13(10-16)7-12(14)9-15(13)8-11-5-3-2-4-6-11/h2-6,12,16H,7-10H2,1H3/t12-,13+/m1/s1. The topological polar surface area (TPSA) is 23.5 Å². The molecule has 88 valence electrons. The molecule has 1 heterocycles. The smallest absolute Gasteiger partial charge is 0.115 e. The van der Waals surface area contributed by atoms with Gasteiger partial charge < -0.3 is 5.11 Å². The number of hydrogen-bond acceptors (Lipinski definition) is 2. The number of likely N-dealkylation sites (tertiary alicyclic amines) is 1. The first-order valence-electron chi connectivity index (χ1n) is 5.68. The quantitative estimate of drug-likeness (QED) is 0.847. The van der Waals surface area contributed by atoms with Crippen LogP contribution in [0.25, 0.3) is 0 Å². The van der Waals surface area contributed by atoms with Crippen LogP contribution in [-0.2, 0) is 6.54 Å². The first kappa shape index (κ1) is 11.6. The zero-order chi connectivity index (χ0) is 11.6. The van der Waals surface area contributed by atoms with Crippen molar-refractivity contribution in [2.45, 2.75) is 31.6 Å². The largest absolute Gasteiger partial charge is 0.394 e. The second-order valence-electron chi connectivity index (χ2n) is 4.82. The molecule has 1 fully saturated rings. The fraction of sp³-hybridized carbons (Fsp3) is 0.538. The van der Waals surface area contributed by atoms with Gasteiger partial charge in [0.15, 0.2) is 0 Å². The van der Waals surface area contributed by atoms with Crippen molar-refractivity contribution in [2.24, 2.45) is 0 Å². The summed E-state index contributed by atoms with van der Waals surface area (Å²) in [5, 5.41) is 9.38. The normalized spacial score (nSPS) is 30.8. The average molecular weight is 223 g/mol. The van der Waals surface area contributed by atoms with Crippen LogP contribution in [-0.4, -0.2) is 34.9 Å². The van der Waals surface area contributed by atoms with Crippen LogP contribution < -0.4 is 0 Å². The van der Waals surface area contributed by atoms with Gasteiger partial charge in [-0.3, -0.25) is 4.90 Å². The first-order chi connectivity index (χ1) is 7.64. The Morgan fingerprint density at radius 1 is 1.44 bits per heavy atom. The zero-order valence-corrected chi connectivity index (χ0v) is 9.56. The van der Waals surface area contributed by atoms with Crippen LogP contribution in [0.5, 0.6) is 0 Å². The van der Waals surface area contributed by atoms with Crippen molar-refractivity contribution in [1.29, 1.82) is 0 Å². The van der Waals surface area contributed by atoms with Gasteiger partial charge in [0.2, 0.25) is 0 Å². The van der Waals surface area contributed by atoms with Gasteiger partial charge in [0.05, 0.1) is 6.61 Å². The number of aliphatic hydroxyl groups excluding tert-OH is 1. The molecular weight excluding hydrogens is 205 g/mol. The van der Waals surface area contributed by atoms with Crippen LogP contribution >= 0.6 is 0 Å². The molecule has 0 bridgehead atoms. The minimum Gasteiger partial charge on any atom is -0.394 e. The van der Waals surface area contributed by atoms with Gasteiger partial charge in [0.1, 0.15) is 6.17 Å². The van der Waals surface area contributed by atoms with E-state index in [1.165, 1.54) is 0 Å². The van der Waals surface area contributed by atoms with Crippen molar-refractivity contribution >= 4 is 0 Å². The van der Waals surface area contributed by atoms with E-state index in [9.17, 15) is 9.50 Å². The Labute approximate surface area is 95.7 Å². The van der Waals surface area contributed by atoms with E-state index in [4.69, 9.17) is 0 Å². The van der Waals surface area contributed by atoms with Crippen LogP contribution in [0.2, 0.25) is 0 Å². The highest BCUT2D eigenvalue weighted by atomic mass is 19.1. The van der Waals surface area contributed by atoms with Gasteiger partial charge in [-0.05, 0) is 12.5 Å². The van der Waals surface area contributed by atoms with Gasteiger partial charge in [0.25, 0.3) is 0 Å². The lowest BCUT2D eigenvalue weighted by Crippen LogP contribution is -2.43. The van der Waals surface area contributed by atoms with E-state index in [0.29, 0.717) is 19.5 Å². The van der Waals surface area contributed by atoms with Gasteiger partial charge in [-0.15, -0.1) is 0 Å². The lowest BCUT2D eigenvalue weighted by molar-refractivity contribution is 0.0734. The molecule has 0 amide bonds. The summed E-state index contributed by atoms with van der Waals surface area (Å²) in [6.45, 7) is 3.07. The molecule has 1 aromatic rings. The van der Waals surface area contributed by atoms with E-state index in [2.05, 4.69) is 0 Å². The summed E-state index contributed by atoms with van der Waals surface area (Å²) in [4.78, 5) is 2.03. The SMILES string of the molecule is C[C@@]1(CO)C[C@@H](F)CN1Cc1ccccc1. The maximum Gasteiger partial charge on any atom is 0.115 e. The number of nitrogens with zero attached hydrogens (tertiary/aromatic N) is 1. The fourth-order valence-corrected chi connectivity index (χ4v) is 2.35. The van der Waals surface area contributed by atoms with Crippen LogP contribution in [0.3, 0.4) is 0 Å². The molecule has 16 heavy (non-hydrogen) atoms. The second-order valence-corrected chi connectivity index (χ2v) is 4.82. The summed E-state index contributed by atoms with van der Waals surface area (Å²) in [5.74, 6) is 0. The van der Waals surface area contributed by atoms with Crippen molar-refractivity contribution in [3.63, 3.8) is 0 Å². The fourth-order valence-electron chi connectivity index (χ4n) is 2.35. The van der Waals surface area contributed by atoms with E-state index >= 15 is 0 Å². The third-order valence-electron chi connectivity index (χ3n) is 3.40. The van der Waals surface area contributed by atoms with Gasteiger partial charge in [-0.1, -0.05) is 30.3 Å². The van der Waals surface area contributed by atoms with Crippen molar-refractivity contribution in [3.8, 4) is 0 Å². The molecule has 0 unspecified atom stereocenters. The number of benzene rings is 1. The number of rotatable bonds is 3. The molecule has 1 aromatic carbocycles. The van der Waals surface area contributed by atoms with E-state index in [0.717, 1.165) is 5.56 Å². The number of alkyl halides is 1. The lowest BCUT2D eigenvalue weighted by Gasteiger charge is -2.33. The number of hydrogen-bond donors (Lipinski definition) is 1. The highest BCUT2D eigenvalue weighted by Crippen LogP contribution is 2.31. The molecule has 2 rings (SSSR count). The molecule has 0 spiro atoms. The van der Waals surface area contributed by atoms with Crippen LogP contribution in [0.1, 0.15) is 18.9 Å². The summed E-state index contributed by atoms with van der Waals surface area (Å²) in [6.07, 6.45) is -0.392. The Morgan fingerprint density at radius 2 is 2.12 bits per heavy atom. The van der Waals surface area contributed by atoms with Crippen molar-refractivity contribution < 1.29 is 9.50 Å². The maximum absolute atomic E-state index is 13.4. The molecule has 0 radical (unpaired) electrons. The second kappa shape index (κ2) is 4.52. The predicted octanol–water partition coefficient (Wildman–Crippen LogP) is 1.98. The third kappa shape index (κ3) is 2.25. The van der Waals surface area contributed by atoms with E-state index in [1.54, 1.807) is 0 Å². The molecule has 0 saturated carbocycles. The van der Waals surface area contributed by atoms with Crippen LogP contribution in [0.15, 0.2) is 30.3 Å². The molecule has 1 N–H and O–H groups in total. The van der Waals surface area contributed by atoms with Gasteiger partial charge in [-0.25, -0.2) is 4.39 Å². The third-order valence-corrected chi connectivity index (χ3v) is 3.40. The monoisotopic (exact) mass is 223 g/mol. The van der Waals surface area contributed by atoms with E-state index in [-0.39, 0.29) is 6.61 Å². The van der Waals surface area contributed by atoms with Crippen molar-refractivity contribution in [2.75, 3.05) is 13.2 Å². The van der Waals surface area contributed by atoms with Crippen molar-refractivity contribution in [3.05, 3.63) is 35.9 Å². The molecule has 1 saturated heterocycles. The first-order valence-corrected chi connectivity index (χ1v) is 5.68. The maximum atomic E-state index is 13.4. The van der Waals surface area contributed by atoms with Crippen LogP contribution in [0, 0.1) is 0 Å². The molecule has 0 aromatic heterocycles. The Bertz CT molecular complexity index is 343. The molecule has 1 aliphatic heterocycles. The summed E-state index contributed by atoms with van der Waals surface area (Å²) < 4.78 is 13.4. The predicted molar refractivity (Wildman–Crippen MR) is 61.9 cm³/mol.